The SMILES string of the molecule is CCOC(=O)[C@]1(C)C[C@H](NC(=O)OC(C)(C)C)C[C@@H]1CC. The molecule has 0 aliphatic heterocycles. The molecule has 1 saturated carbocycles. The summed E-state index contributed by atoms with van der Waals surface area (Å²) in [4.78, 5) is 24.1. The van der Waals surface area contributed by atoms with Crippen molar-refractivity contribution in [3.63, 3.8) is 0 Å². The van der Waals surface area contributed by atoms with Crippen LogP contribution in [0.15, 0.2) is 0 Å². The molecule has 1 aliphatic rings. The molecular weight excluding hydrogens is 270 g/mol. The number of ether oxygens (including phenoxy) is 2. The Hall–Kier alpha value is -1.26. The second kappa shape index (κ2) is 6.67. The maximum Gasteiger partial charge on any atom is 0.407 e. The van der Waals surface area contributed by atoms with Gasteiger partial charge in [-0.25, -0.2) is 4.79 Å². The first-order chi connectivity index (χ1) is 9.62. The van der Waals surface area contributed by atoms with Gasteiger partial charge in [0.2, 0.25) is 0 Å². The van der Waals surface area contributed by atoms with Gasteiger partial charge in [-0.1, -0.05) is 13.3 Å². The van der Waals surface area contributed by atoms with Crippen molar-refractivity contribution in [3.05, 3.63) is 0 Å². The van der Waals surface area contributed by atoms with Crippen LogP contribution in [0.25, 0.3) is 0 Å². The van der Waals surface area contributed by atoms with Crippen molar-refractivity contribution < 1.29 is 19.1 Å². The van der Waals surface area contributed by atoms with Gasteiger partial charge >= 0.3 is 12.1 Å². The van der Waals surface area contributed by atoms with Crippen LogP contribution in [0.2, 0.25) is 0 Å². The number of alkyl carbamates (subject to hydrolysis) is 1. The normalized spacial score (nSPS) is 29.0. The fourth-order valence-corrected chi connectivity index (χ4v) is 3.11. The van der Waals surface area contributed by atoms with Gasteiger partial charge in [-0.15, -0.1) is 0 Å². The standard InChI is InChI=1S/C16H29NO4/c1-7-11-9-12(17-14(19)21-15(3,4)5)10-16(11,6)13(18)20-8-2/h11-12H,7-10H2,1-6H3,(H,17,19)/t11-,12+,16+/m0/s1. The lowest BCUT2D eigenvalue weighted by Gasteiger charge is -2.28. The maximum absolute atomic E-state index is 12.2. The van der Waals surface area contributed by atoms with E-state index in [9.17, 15) is 9.59 Å². The summed E-state index contributed by atoms with van der Waals surface area (Å²) >= 11 is 0. The number of carbonyl (C=O) groups excluding carboxylic acids is 2. The Morgan fingerprint density at radius 2 is 1.90 bits per heavy atom. The number of nitrogens with one attached hydrogen (secondary N) is 1. The van der Waals surface area contributed by atoms with Crippen LogP contribution in [0.4, 0.5) is 4.79 Å². The van der Waals surface area contributed by atoms with Crippen molar-refractivity contribution in [1.82, 2.24) is 5.32 Å². The Kier molecular flexibility index (Phi) is 5.65. The molecule has 3 atom stereocenters. The second-order valence-electron chi connectivity index (χ2n) is 7.03. The van der Waals surface area contributed by atoms with Crippen molar-refractivity contribution in [2.24, 2.45) is 11.3 Å². The van der Waals surface area contributed by atoms with Crippen LogP contribution in [0, 0.1) is 11.3 Å². The molecule has 1 rings (SSSR count). The molecule has 5 nitrogen and oxygen atoms in total. The number of rotatable bonds is 4. The summed E-state index contributed by atoms with van der Waals surface area (Å²) in [7, 11) is 0. The lowest BCUT2D eigenvalue weighted by atomic mass is 9.78. The fraction of sp³-hybridized carbons (Fsp3) is 0.875. The molecule has 0 radical (unpaired) electrons. The van der Waals surface area contributed by atoms with E-state index >= 15 is 0 Å². The summed E-state index contributed by atoms with van der Waals surface area (Å²) < 4.78 is 10.5. The van der Waals surface area contributed by atoms with Crippen LogP contribution in [-0.2, 0) is 14.3 Å². The van der Waals surface area contributed by atoms with Gasteiger partial charge in [-0.05, 0) is 53.4 Å². The number of amides is 1. The minimum absolute atomic E-state index is 0.0424. The van der Waals surface area contributed by atoms with Crippen LogP contribution in [0.5, 0.6) is 0 Å². The van der Waals surface area contributed by atoms with Crippen molar-refractivity contribution in [2.45, 2.75) is 72.4 Å². The monoisotopic (exact) mass is 299 g/mol. The zero-order valence-corrected chi connectivity index (χ0v) is 14.1. The molecule has 1 amide bonds. The number of hydrogen-bond donors (Lipinski definition) is 1. The van der Waals surface area contributed by atoms with Crippen LogP contribution in [-0.4, -0.2) is 30.3 Å². The zero-order valence-electron chi connectivity index (χ0n) is 14.1. The van der Waals surface area contributed by atoms with Gasteiger partial charge in [-0.3, -0.25) is 4.79 Å². The predicted octanol–water partition coefficient (Wildman–Crippen LogP) is 3.27. The topological polar surface area (TPSA) is 64.6 Å². The molecule has 0 aromatic heterocycles. The Bertz CT molecular complexity index is 388. The molecule has 1 aliphatic carbocycles. The third-order valence-electron chi connectivity index (χ3n) is 4.10. The van der Waals surface area contributed by atoms with E-state index in [4.69, 9.17) is 9.47 Å². The Morgan fingerprint density at radius 3 is 2.38 bits per heavy atom. The lowest BCUT2D eigenvalue weighted by Crippen LogP contribution is -2.39. The highest BCUT2D eigenvalue weighted by atomic mass is 16.6. The van der Waals surface area contributed by atoms with Crippen LogP contribution in [0.1, 0.15) is 60.8 Å². The summed E-state index contributed by atoms with van der Waals surface area (Å²) in [5.74, 6) is 0.0572. The van der Waals surface area contributed by atoms with Crippen LogP contribution >= 0.6 is 0 Å². The fourth-order valence-electron chi connectivity index (χ4n) is 3.11. The van der Waals surface area contributed by atoms with Crippen molar-refractivity contribution >= 4 is 12.1 Å². The van der Waals surface area contributed by atoms with E-state index in [0.29, 0.717) is 13.0 Å². The van der Waals surface area contributed by atoms with Crippen molar-refractivity contribution in [1.29, 1.82) is 0 Å². The van der Waals surface area contributed by atoms with Gasteiger partial charge in [-0.2, -0.15) is 0 Å². The van der Waals surface area contributed by atoms with E-state index in [1.807, 2.05) is 34.6 Å². The minimum atomic E-state index is -0.523. The first-order valence-corrected chi connectivity index (χ1v) is 7.79. The molecule has 0 spiro atoms. The molecule has 0 bridgehead atoms. The Labute approximate surface area is 127 Å². The maximum atomic E-state index is 12.2. The molecular formula is C16H29NO4. The van der Waals surface area contributed by atoms with Gasteiger partial charge in [0.15, 0.2) is 0 Å². The Morgan fingerprint density at radius 1 is 1.29 bits per heavy atom. The third-order valence-corrected chi connectivity index (χ3v) is 4.10. The molecule has 0 aromatic carbocycles. The highest BCUT2D eigenvalue weighted by Gasteiger charge is 2.49. The highest BCUT2D eigenvalue weighted by molar-refractivity contribution is 5.77. The first kappa shape index (κ1) is 17.8. The van der Waals surface area contributed by atoms with Crippen LogP contribution in [0.3, 0.4) is 0 Å². The molecule has 0 unspecified atom stereocenters. The van der Waals surface area contributed by atoms with Gasteiger partial charge < -0.3 is 14.8 Å². The Balaban J connectivity index is 2.69. The molecule has 5 heteroatoms. The molecule has 0 saturated heterocycles. The molecule has 122 valence electrons. The minimum Gasteiger partial charge on any atom is -0.466 e. The van der Waals surface area contributed by atoms with Gasteiger partial charge in [0.05, 0.1) is 12.0 Å². The highest BCUT2D eigenvalue weighted by Crippen LogP contribution is 2.46. The number of carbonyl (C=O) groups is 2. The van der Waals surface area contributed by atoms with Crippen molar-refractivity contribution in [3.8, 4) is 0 Å². The van der Waals surface area contributed by atoms with Crippen LogP contribution < -0.4 is 5.32 Å². The second-order valence-corrected chi connectivity index (χ2v) is 7.03. The van der Waals surface area contributed by atoms with Gasteiger partial charge in [0.1, 0.15) is 5.60 Å². The number of hydrogen-bond acceptors (Lipinski definition) is 4. The summed E-state index contributed by atoms with van der Waals surface area (Å²) in [6.45, 7) is 11.7. The van der Waals surface area contributed by atoms with Gasteiger partial charge in [0.25, 0.3) is 0 Å². The largest absolute Gasteiger partial charge is 0.466 e. The predicted molar refractivity (Wildman–Crippen MR) is 80.9 cm³/mol. The lowest BCUT2D eigenvalue weighted by molar-refractivity contribution is -0.156. The molecule has 1 fully saturated rings. The smallest absolute Gasteiger partial charge is 0.407 e. The molecule has 0 aromatic rings. The number of esters is 1. The summed E-state index contributed by atoms with van der Waals surface area (Å²) in [5.41, 5.74) is -1.04. The summed E-state index contributed by atoms with van der Waals surface area (Å²) in [6.07, 6.45) is 1.85. The van der Waals surface area contributed by atoms with E-state index in [1.54, 1.807) is 0 Å². The van der Waals surface area contributed by atoms with E-state index in [-0.39, 0.29) is 17.9 Å². The van der Waals surface area contributed by atoms with E-state index in [1.165, 1.54) is 0 Å². The molecule has 21 heavy (non-hydrogen) atoms. The third kappa shape index (κ3) is 4.61. The summed E-state index contributed by atoms with van der Waals surface area (Å²) in [5, 5.41) is 2.88. The first-order valence-electron chi connectivity index (χ1n) is 7.79. The average Bonchev–Trinajstić information content (AvgIpc) is 2.64. The van der Waals surface area contributed by atoms with E-state index < -0.39 is 17.1 Å². The molecule has 0 heterocycles. The average molecular weight is 299 g/mol. The zero-order chi connectivity index (χ0) is 16.3. The molecule has 1 N–H and O–H groups in total. The quantitative estimate of drug-likeness (QED) is 0.809. The van der Waals surface area contributed by atoms with Crippen molar-refractivity contribution in [2.75, 3.05) is 6.61 Å². The summed E-state index contributed by atoms with van der Waals surface area (Å²) in [6, 6.07) is -0.0424. The van der Waals surface area contributed by atoms with Gasteiger partial charge in [0, 0.05) is 6.04 Å². The van der Waals surface area contributed by atoms with E-state index in [0.717, 1.165) is 12.8 Å². The van der Waals surface area contributed by atoms with E-state index in [2.05, 4.69) is 12.2 Å².